The molecule has 0 aliphatic carbocycles. The monoisotopic (exact) mass is 370 g/mol. The SMILES string of the molecule is O=Cc1cccc(F)c1N1CCN(C(=O)C2COc3ccccc3O2)CC1. The van der Waals surface area contributed by atoms with Gasteiger partial charge in [-0.3, -0.25) is 9.59 Å². The summed E-state index contributed by atoms with van der Waals surface area (Å²) in [6, 6.07) is 11.7. The Hall–Kier alpha value is -3.09. The minimum Gasteiger partial charge on any atom is -0.485 e. The molecule has 1 atom stereocenters. The van der Waals surface area contributed by atoms with E-state index in [9.17, 15) is 14.0 Å². The van der Waals surface area contributed by atoms with Crippen molar-refractivity contribution in [3.05, 3.63) is 53.8 Å². The molecule has 140 valence electrons. The highest BCUT2D eigenvalue weighted by Gasteiger charge is 2.33. The minimum absolute atomic E-state index is 0.145. The van der Waals surface area contributed by atoms with E-state index in [1.807, 2.05) is 12.1 Å². The van der Waals surface area contributed by atoms with Crippen molar-refractivity contribution in [3.63, 3.8) is 0 Å². The predicted molar refractivity (Wildman–Crippen MR) is 96.9 cm³/mol. The van der Waals surface area contributed by atoms with E-state index in [0.717, 1.165) is 0 Å². The number of ether oxygens (including phenoxy) is 2. The van der Waals surface area contributed by atoms with Gasteiger partial charge in [0.25, 0.3) is 5.91 Å². The second kappa shape index (κ2) is 7.26. The molecule has 27 heavy (non-hydrogen) atoms. The van der Waals surface area contributed by atoms with Crippen LogP contribution in [0.25, 0.3) is 0 Å². The second-order valence-corrected chi connectivity index (χ2v) is 6.47. The summed E-state index contributed by atoms with van der Waals surface area (Å²) in [6.45, 7) is 1.90. The number of hydrogen-bond donors (Lipinski definition) is 0. The van der Waals surface area contributed by atoms with Crippen molar-refractivity contribution in [3.8, 4) is 11.5 Å². The molecule has 2 heterocycles. The molecule has 0 radical (unpaired) electrons. The van der Waals surface area contributed by atoms with Gasteiger partial charge in [-0.05, 0) is 24.3 Å². The number of aldehydes is 1. The maximum absolute atomic E-state index is 14.2. The molecular formula is C20H19FN2O4. The third-order valence-corrected chi connectivity index (χ3v) is 4.84. The fourth-order valence-electron chi connectivity index (χ4n) is 3.46. The quantitative estimate of drug-likeness (QED) is 0.775. The normalized spacial score (nSPS) is 18.9. The fourth-order valence-corrected chi connectivity index (χ4v) is 3.46. The number of para-hydroxylation sites is 3. The molecule has 0 saturated carbocycles. The van der Waals surface area contributed by atoms with Gasteiger partial charge >= 0.3 is 0 Å². The van der Waals surface area contributed by atoms with Gasteiger partial charge in [-0.1, -0.05) is 18.2 Å². The lowest BCUT2D eigenvalue weighted by Gasteiger charge is -2.38. The maximum Gasteiger partial charge on any atom is 0.267 e. The van der Waals surface area contributed by atoms with Crippen molar-refractivity contribution in [2.45, 2.75) is 6.10 Å². The Morgan fingerprint density at radius 1 is 1.04 bits per heavy atom. The first-order valence-electron chi connectivity index (χ1n) is 8.83. The number of nitrogens with zero attached hydrogens (tertiary/aromatic N) is 2. The number of hydrogen-bond acceptors (Lipinski definition) is 5. The van der Waals surface area contributed by atoms with E-state index in [1.165, 1.54) is 12.1 Å². The van der Waals surface area contributed by atoms with Gasteiger partial charge in [0.2, 0.25) is 6.10 Å². The Bertz CT molecular complexity index is 865. The van der Waals surface area contributed by atoms with Crippen LogP contribution in [0, 0.1) is 5.82 Å². The van der Waals surface area contributed by atoms with Gasteiger partial charge in [-0.15, -0.1) is 0 Å². The number of carbonyl (C=O) groups is 2. The predicted octanol–water partition coefficient (Wildman–Crippen LogP) is 2.13. The summed E-state index contributed by atoms with van der Waals surface area (Å²) in [5.74, 6) is 0.614. The molecule has 0 bridgehead atoms. The van der Waals surface area contributed by atoms with Crippen molar-refractivity contribution in [2.24, 2.45) is 0 Å². The van der Waals surface area contributed by atoms with Crippen molar-refractivity contribution >= 4 is 17.9 Å². The summed E-state index contributed by atoms with van der Waals surface area (Å²) >= 11 is 0. The van der Waals surface area contributed by atoms with Gasteiger partial charge in [0.05, 0.1) is 5.69 Å². The largest absolute Gasteiger partial charge is 0.485 e. The minimum atomic E-state index is -0.689. The molecule has 2 aromatic rings. The van der Waals surface area contributed by atoms with Crippen LogP contribution >= 0.6 is 0 Å². The van der Waals surface area contributed by atoms with Gasteiger partial charge in [-0.2, -0.15) is 0 Å². The molecule has 1 saturated heterocycles. The summed E-state index contributed by atoms with van der Waals surface area (Å²) in [5, 5.41) is 0. The van der Waals surface area contributed by atoms with E-state index >= 15 is 0 Å². The zero-order chi connectivity index (χ0) is 18.8. The summed E-state index contributed by atoms with van der Waals surface area (Å²) < 4.78 is 25.6. The molecule has 1 unspecified atom stereocenters. The number of amides is 1. The van der Waals surface area contributed by atoms with Crippen LogP contribution in [0.15, 0.2) is 42.5 Å². The summed E-state index contributed by atoms with van der Waals surface area (Å²) in [6.07, 6.45) is -0.0360. The molecule has 0 N–H and O–H groups in total. The van der Waals surface area contributed by atoms with Crippen molar-refractivity contribution < 1.29 is 23.5 Å². The van der Waals surface area contributed by atoms with Gasteiger partial charge in [0.1, 0.15) is 12.4 Å². The van der Waals surface area contributed by atoms with Crippen LogP contribution in [-0.4, -0.2) is 56.0 Å². The van der Waals surface area contributed by atoms with Crippen molar-refractivity contribution in [2.75, 3.05) is 37.7 Å². The zero-order valence-corrected chi connectivity index (χ0v) is 14.6. The van der Waals surface area contributed by atoms with E-state index in [1.54, 1.807) is 28.0 Å². The molecule has 1 amide bonds. The standard InChI is InChI=1S/C20H19FN2O4/c21-15-5-3-4-14(12-24)19(15)22-8-10-23(11-9-22)20(25)18-13-26-16-6-1-2-7-17(16)27-18/h1-7,12,18H,8-11,13H2. The highest BCUT2D eigenvalue weighted by Crippen LogP contribution is 2.31. The van der Waals surface area contributed by atoms with Crippen LogP contribution in [0.3, 0.4) is 0 Å². The maximum atomic E-state index is 14.2. The van der Waals surface area contributed by atoms with E-state index in [4.69, 9.17) is 9.47 Å². The van der Waals surface area contributed by atoms with Crippen LogP contribution in [-0.2, 0) is 4.79 Å². The molecule has 1 fully saturated rings. The number of rotatable bonds is 3. The van der Waals surface area contributed by atoms with E-state index in [2.05, 4.69) is 0 Å². The summed E-state index contributed by atoms with van der Waals surface area (Å²) in [5.41, 5.74) is 0.612. The number of fused-ring (bicyclic) bond motifs is 1. The van der Waals surface area contributed by atoms with Gasteiger partial charge < -0.3 is 19.3 Å². The Morgan fingerprint density at radius 3 is 2.52 bits per heavy atom. The molecule has 2 aromatic carbocycles. The number of benzene rings is 2. The lowest BCUT2D eigenvalue weighted by atomic mass is 10.1. The van der Waals surface area contributed by atoms with Gasteiger partial charge in [-0.25, -0.2) is 4.39 Å². The van der Waals surface area contributed by atoms with E-state index in [-0.39, 0.29) is 12.5 Å². The van der Waals surface area contributed by atoms with Crippen LogP contribution in [0.1, 0.15) is 10.4 Å². The highest BCUT2D eigenvalue weighted by atomic mass is 19.1. The van der Waals surface area contributed by atoms with Crippen molar-refractivity contribution in [1.82, 2.24) is 4.90 Å². The van der Waals surface area contributed by atoms with E-state index in [0.29, 0.717) is 55.2 Å². The number of carbonyl (C=O) groups excluding carboxylic acids is 2. The first-order chi connectivity index (χ1) is 13.2. The molecule has 6 nitrogen and oxygen atoms in total. The Morgan fingerprint density at radius 2 is 1.78 bits per heavy atom. The average molecular weight is 370 g/mol. The molecule has 2 aliphatic rings. The van der Waals surface area contributed by atoms with Crippen molar-refractivity contribution in [1.29, 1.82) is 0 Å². The van der Waals surface area contributed by atoms with Crippen LogP contribution in [0.2, 0.25) is 0 Å². The second-order valence-electron chi connectivity index (χ2n) is 6.47. The Balaban J connectivity index is 1.41. The third kappa shape index (κ3) is 3.32. The summed E-state index contributed by atoms with van der Waals surface area (Å²) in [7, 11) is 0. The fraction of sp³-hybridized carbons (Fsp3) is 0.300. The van der Waals surface area contributed by atoms with Crippen LogP contribution in [0.4, 0.5) is 10.1 Å². The molecular weight excluding hydrogens is 351 g/mol. The molecule has 0 aromatic heterocycles. The number of piperazine rings is 1. The Kier molecular flexibility index (Phi) is 4.66. The third-order valence-electron chi connectivity index (χ3n) is 4.84. The molecule has 4 rings (SSSR count). The lowest BCUT2D eigenvalue weighted by Crippen LogP contribution is -2.54. The molecule has 7 heteroatoms. The smallest absolute Gasteiger partial charge is 0.267 e. The molecule has 2 aliphatic heterocycles. The zero-order valence-electron chi connectivity index (χ0n) is 14.6. The first kappa shape index (κ1) is 17.3. The lowest BCUT2D eigenvalue weighted by molar-refractivity contribution is -0.141. The average Bonchev–Trinajstić information content (AvgIpc) is 2.73. The van der Waals surface area contributed by atoms with Crippen LogP contribution in [0.5, 0.6) is 11.5 Å². The topological polar surface area (TPSA) is 59.1 Å². The van der Waals surface area contributed by atoms with Crippen LogP contribution < -0.4 is 14.4 Å². The van der Waals surface area contributed by atoms with E-state index < -0.39 is 11.9 Å². The Labute approximate surface area is 156 Å². The van der Waals surface area contributed by atoms with Gasteiger partial charge in [0.15, 0.2) is 17.8 Å². The summed E-state index contributed by atoms with van der Waals surface area (Å²) in [4.78, 5) is 27.5. The van der Waals surface area contributed by atoms with Gasteiger partial charge in [0, 0.05) is 31.7 Å². The molecule has 0 spiro atoms. The highest BCUT2D eigenvalue weighted by molar-refractivity contribution is 5.85. The first-order valence-corrected chi connectivity index (χ1v) is 8.83. The number of anilines is 1. The number of halogens is 1.